The Hall–Kier alpha value is -0.580. The van der Waals surface area contributed by atoms with Gasteiger partial charge in [0.25, 0.3) is 0 Å². The third-order valence-corrected chi connectivity index (χ3v) is 0.892. The molecule has 0 saturated carbocycles. The topological polar surface area (TPSA) is 12.4 Å². The van der Waals surface area contributed by atoms with Crippen molar-refractivity contribution in [1.82, 2.24) is 0 Å². The number of alkyl halides is 3. The van der Waals surface area contributed by atoms with Gasteiger partial charge < -0.3 is 0 Å². The summed E-state index contributed by atoms with van der Waals surface area (Å²) in [6.07, 6.45) is -3.52. The smallest absolute Gasteiger partial charge is 0.251 e. The van der Waals surface area contributed by atoms with Gasteiger partial charge in [0.15, 0.2) is 0 Å². The highest BCUT2D eigenvalue weighted by molar-refractivity contribution is 9.12. The van der Waals surface area contributed by atoms with E-state index in [0.29, 0.717) is 0 Å². The van der Waals surface area contributed by atoms with Gasteiger partial charge in [0.05, 0.1) is 0 Å². The first-order valence-corrected chi connectivity index (χ1v) is 3.28. The number of hydrogen-bond donors (Lipinski definition) is 0. The summed E-state index contributed by atoms with van der Waals surface area (Å²) < 4.78 is 35.2. The minimum absolute atomic E-state index is 0.267. The Labute approximate surface area is 70.4 Å². The summed E-state index contributed by atoms with van der Waals surface area (Å²) in [5.74, 6) is 0. The Morgan fingerprint density at radius 3 is 2.09 bits per heavy atom. The molecular formula is C6H5BrF3N. The summed E-state index contributed by atoms with van der Waals surface area (Å²) in [5, 5.41) is 0. The predicted molar refractivity (Wildman–Crippen MR) is 41.8 cm³/mol. The third-order valence-electron chi connectivity index (χ3n) is 0.688. The Balaban J connectivity index is 4.20. The van der Waals surface area contributed by atoms with Gasteiger partial charge in [0, 0.05) is 10.7 Å². The van der Waals surface area contributed by atoms with Gasteiger partial charge in [-0.05, 0) is 15.9 Å². The van der Waals surface area contributed by atoms with Gasteiger partial charge in [0.2, 0.25) is 0 Å². The van der Waals surface area contributed by atoms with E-state index in [1.165, 1.54) is 0 Å². The van der Waals surface area contributed by atoms with Crippen LogP contribution in [0.2, 0.25) is 0 Å². The Kier molecular flexibility index (Phi) is 3.51. The summed E-state index contributed by atoms with van der Waals surface area (Å²) in [6.45, 7) is 5.98. The highest BCUT2D eigenvalue weighted by Gasteiger charge is 2.31. The molecule has 0 N–H and O–H groups in total. The molecule has 0 fully saturated rings. The lowest BCUT2D eigenvalue weighted by Crippen LogP contribution is -2.08. The zero-order chi connectivity index (χ0) is 9.07. The molecule has 0 atom stereocenters. The summed E-state index contributed by atoms with van der Waals surface area (Å²) in [4.78, 5) is 3.00. The van der Waals surface area contributed by atoms with Crippen LogP contribution in [0.4, 0.5) is 13.2 Å². The zero-order valence-corrected chi connectivity index (χ0v) is 7.04. The van der Waals surface area contributed by atoms with E-state index in [2.05, 4.69) is 34.1 Å². The van der Waals surface area contributed by atoms with Gasteiger partial charge in [-0.3, -0.25) is 4.99 Å². The van der Waals surface area contributed by atoms with Crippen molar-refractivity contribution in [3.05, 3.63) is 23.3 Å². The van der Waals surface area contributed by atoms with Gasteiger partial charge in [-0.2, -0.15) is 13.2 Å². The predicted octanol–water partition coefficient (Wildman–Crippen LogP) is 3.04. The van der Waals surface area contributed by atoms with Crippen molar-refractivity contribution in [3.8, 4) is 0 Å². The standard InChI is InChI=1S/C6H5BrF3N/c1-4(7)3-11-5(2)6(8,9)10/h3H,1-2H2. The van der Waals surface area contributed by atoms with E-state index >= 15 is 0 Å². The van der Waals surface area contributed by atoms with E-state index < -0.39 is 11.9 Å². The van der Waals surface area contributed by atoms with Gasteiger partial charge in [-0.25, -0.2) is 0 Å². The van der Waals surface area contributed by atoms with Crippen LogP contribution in [0.5, 0.6) is 0 Å². The molecule has 0 aliphatic heterocycles. The van der Waals surface area contributed by atoms with Crippen LogP contribution in [-0.4, -0.2) is 12.4 Å². The van der Waals surface area contributed by atoms with Crippen molar-refractivity contribution in [2.24, 2.45) is 4.99 Å². The number of hydrogen-bond acceptors (Lipinski definition) is 1. The first-order valence-electron chi connectivity index (χ1n) is 2.48. The monoisotopic (exact) mass is 227 g/mol. The van der Waals surface area contributed by atoms with Crippen LogP contribution in [0.15, 0.2) is 28.3 Å². The second-order valence-corrected chi connectivity index (χ2v) is 2.67. The van der Waals surface area contributed by atoms with E-state index in [9.17, 15) is 13.2 Å². The minimum Gasteiger partial charge on any atom is -0.251 e. The van der Waals surface area contributed by atoms with E-state index in [1.54, 1.807) is 0 Å². The highest BCUT2D eigenvalue weighted by Crippen LogP contribution is 2.24. The maximum absolute atomic E-state index is 11.6. The zero-order valence-electron chi connectivity index (χ0n) is 5.45. The maximum Gasteiger partial charge on any atom is 0.432 e. The average Bonchev–Trinajstić information content (AvgIpc) is 1.80. The van der Waals surface area contributed by atoms with Crippen LogP contribution in [0, 0.1) is 0 Å². The fourth-order valence-corrected chi connectivity index (χ4v) is 0.324. The lowest BCUT2D eigenvalue weighted by atomic mass is 10.5. The Morgan fingerprint density at radius 2 is 1.82 bits per heavy atom. The molecule has 11 heavy (non-hydrogen) atoms. The van der Waals surface area contributed by atoms with Crippen molar-refractivity contribution >= 4 is 22.1 Å². The molecule has 0 spiro atoms. The second kappa shape index (κ2) is 3.71. The first kappa shape index (κ1) is 10.4. The average molecular weight is 228 g/mol. The first-order chi connectivity index (χ1) is 4.84. The minimum atomic E-state index is -4.46. The molecule has 0 saturated heterocycles. The van der Waals surface area contributed by atoms with E-state index in [0.717, 1.165) is 6.21 Å². The second-order valence-electron chi connectivity index (χ2n) is 1.65. The van der Waals surface area contributed by atoms with Gasteiger partial charge in [-0.1, -0.05) is 13.2 Å². The molecule has 0 aromatic rings. The molecule has 5 heteroatoms. The molecule has 0 aliphatic rings. The lowest BCUT2D eigenvalue weighted by molar-refractivity contribution is -0.0918. The maximum atomic E-state index is 11.6. The van der Waals surface area contributed by atoms with Crippen LogP contribution in [0.25, 0.3) is 0 Å². The normalized spacial score (nSPS) is 12.0. The molecule has 0 radical (unpaired) electrons. The van der Waals surface area contributed by atoms with Gasteiger partial charge >= 0.3 is 6.18 Å². The quantitative estimate of drug-likeness (QED) is 0.644. The van der Waals surface area contributed by atoms with Crippen molar-refractivity contribution in [3.63, 3.8) is 0 Å². The molecule has 0 unspecified atom stereocenters. The number of aliphatic imine (C=N–C) groups is 1. The highest BCUT2D eigenvalue weighted by atomic mass is 79.9. The molecular weight excluding hydrogens is 223 g/mol. The van der Waals surface area contributed by atoms with E-state index in [-0.39, 0.29) is 4.48 Å². The number of rotatable bonds is 2. The molecule has 0 aromatic carbocycles. The fourth-order valence-electron chi connectivity index (χ4n) is 0.221. The van der Waals surface area contributed by atoms with Crippen molar-refractivity contribution in [2.45, 2.75) is 6.18 Å². The summed E-state index contributed by atoms with van der Waals surface area (Å²) in [5.41, 5.74) is -1.14. The molecule has 0 heterocycles. The fraction of sp³-hybridized carbons (Fsp3) is 0.167. The largest absolute Gasteiger partial charge is 0.432 e. The number of allylic oxidation sites excluding steroid dienone is 2. The molecule has 0 bridgehead atoms. The van der Waals surface area contributed by atoms with Crippen molar-refractivity contribution < 1.29 is 13.2 Å². The molecule has 1 nitrogen and oxygen atoms in total. The van der Waals surface area contributed by atoms with Crippen LogP contribution in [0.1, 0.15) is 0 Å². The van der Waals surface area contributed by atoms with Crippen LogP contribution in [0.3, 0.4) is 0 Å². The molecule has 0 aromatic heterocycles. The third kappa shape index (κ3) is 4.78. The molecule has 62 valence electrons. The van der Waals surface area contributed by atoms with Crippen LogP contribution >= 0.6 is 15.9 Å². The van der Waals surface area contributed by atoms with E-state index in [1.807, 2.05) is 0 Å². The summed E-state index contributed by atoms with van der Waals surface area (Å²) in [7, 11) is 0. The van der Waals surface area contributed by atoms with Crippen molar-refractivity contribution in [2.75, 3.05) is 0 Å². The number of nitrogens with zero attached hydrogens (tertiary/aromatic N) is 1. The molecule has 0 aliphatic carbocycles. The van der Waals surface area contributed by atoms with Crippen LogP contribution in [-0.2, 0) is 0 Å². The van der Waals surface area contributed by atoms with Crippen LogP contribution < -0.4 is 0 Å². The molecule has 0 amide bonds. The number of halogens is 4. The SMILES string of the molecule is C=C(Br)C=NC(=C)C(F)(F)F. The van der Waals surface area contributed by atoms with Gasteiger partial charge in [0.1, 0.15) is 5.70 Å². The summed E-state index contributed by atoms with van der Waals surface area (Å²) >= 11 is 2.82. The van der Waals surface area contributed by atoms with Crippen molar-refractivity contribution in [1.29, 1.82) is 0 Å². The van der Waals surface area contributed by atoms with Gasteiger partial charge in [-0.15, -0.1) is 0 Å². The Morgan fingerprint density at radius 1 is 1.36 bits per heavy atom. The summed E-state index contributed by atoms with van der Waals surface area (Å²) in [6, 6.07) is 0. The molecule has 0 rings (SSSR count). The van der Waals surface area contributed by atoms with E-state index in [4.69, 9.17) is 0 Å². The lowest BCUT2D eigenvalue weighted by Gasteiger charge is -2.02. The Bertz CT molecular complexity index is 204.